The highest BCUT2D eigenvalue weighted by atomic mass is 32.1. The van der Waals surface area contributed by atoms with Crippen molar-refractivity contribution in [1.82, 2.24) is 5.01 Å². The second kappa shape index (κ2) is 6.84. The molecule has 27 heavy (non-hydrogen) atoms. The Balaban J connectivity index is 1.92. The summed E-state index contributed by atoms with van der Waals surface area (Å²) in [6.45, 7) is 6.45. The van der Waals surface area contributed by atoms with Gasteiger partial charge >= 0.3 is 0 Å². The zero-order valence-corrected chi connectivity index (χ0v) is 16.1. The quantitative estimate of drug-likeness (QED) is 0.760. The number of rotatable bonds is 3. The number of aliphatic hydroxyl groups is 1. The van der Waals surface area contributed by atoms with Crippen molar-refractivity contribution in [2.24, 2.45) is 16.4 Å². The number of nitrogens with zero attached hydrogens (tertiary/aromatic N) is 2. The number of carbonyl (C=O) groups excluding carboxylic acids is 1. The van der Waals surface area contributed by atoms with Gasteiger partial charge in [0.05, 0.1) is 5.56 Å². The van der Waals surface area contributed by atoms with E-state index in [1.54, 1.807) is 5.38 Å². The van der Waals surface area contributed by atoms with Gasteiger partial charge in [0.15, 0.2) is 0 Å². The maximum Gasteiger partial charge on any atom is 0.287 e. The minimum Gasteiger partial charge on any atom is -0.364 e. The van der Waals surface area contributed by atoms with E-state index in [4.69, 9.17) is 0 Å². The molecule has 0 saturated carbocycles. The number of hydrazone groups is 1. The lowest BCUT2D eigenvalue weighted by Gasteiger charge is -2.34. The van der Waals surface area contributed by atoms with Crippen LogP contribution in [0, 0.1) is 11.3 Å². The number of hydrogen-bond acceptors (Lipinski definition) is 4. The molecule has 4 nitrogen and oxygen atoms in total. The normalized spacial score (nSPS) is 25.9. The van der Waals surface area contributed by atoms with Gasteiger partial charge in [0.2, 0.25) is 5.72 Å². The van der Waals surface area contributed by atoms with Gasteiger partial charge in [-0.1, -0.05) is 20.8 Å². The number of halogens is 4. The first-order valence-electron chi connectivity index (χ1n) is 8.75. The van der Waals surface area contributed by atoms with E-state index in [1.807, 2.05) is 0 Å². The molecule has 0 radical (unpaired) electrons. The highest BCUT2D eigenvalue weighted by molar-refractivity contribution is 7.10. The predicted molar refractivity (Wildman–Crippen MR) is 94.5 cm³/mol. The lowest BCUT2D eigenvalue weighted by molar-refractivity contribution is -0.164. The topological polar surface area (TPSA) is 52.9 Å². The van der Waals surface area contributed by atoms with Crippen LogP contribution in [0.5, 0.6) is 0 Å². The van der Waals surface area contributed by atoms with Crippen molar-refractivity contribution < 1.29 is 27.5 Å². The van der Waals surface area contributed by atoms with Gasteiger partial charge < -0.3 is 5.11 Å². The molecule has 2 atom stereocenters. The van der Waals surface area contributed by atoms with Gasteiger partial charge in [-0.05, 0) is 36.2 Å². The summed E-state index contributed by atoms with van der Waals surface area (Å²) in [5.74, 6) is -0.528. The maximum atomic E-state index is 13.4. The van der Waals surface area contributed by atoms with E-state index in [-0.39, 0.29) is 16.0 Å². The van der Waals surface area contributed by atoms with Crippen LogP contribution in [-0.2, 0) is 12.8 Å². The third-order valence-electron chi connectivity index (χ3n) is 5.44. The molecule has 0 unspecified atom stereocenters. The summed E-state index contributed by atoms with van der Waals surface area (Å²) in [4.78, 5) is 13.8. The maximum absolute atomic E-state index is 13.4. The smallest absolute Gasteiger partial charge is 0.287 e. The fourth-order valence-electron chi connectivity index (χ4n) is 3.65. The number of thiophene rings is 1. The van der Waals surface area contributed by atoms with E-state index in [0.717, 1.165) is 23.3 Å². The van der Waals surface area contributed by atoms with Crippen molar-refractivity contribution in [3.8, 4) is 0 Å². The number of amides is 1. The van der Waals surface area contributed by atoms with Gasteiger partial charge in [-0.15, -0.1) is 11.3 Å². The van der Waals surface area contributed by atoms with E-state index in [1.165, 1.54) is 11.3 Å². The Hall–Kier alpha value is -1.48. The first-order chi connectivity index (χ1) is 12.4. The van der Waals surface area contributed by atoms with Crippen LogP contribution in [0.4, 0.5) is 17.6 Å². The number of hydrogen-bond donors (Lipinski definition) is 1. The van der Waals surface area contributed by atoms with Gasteiger partial charge in [-0.2, -0.15) is 10.1 Å². The third kappa shape index (κ3) is 3.51. The van der Waals surface area contributed by atoms with Crippen LogP contribution in [0.15, 0.2) is 10.5 Å². The van der Waals surface area contributed by atoms with Gasteiger partial charge in [0.1, 0.15) is 5.71 Å². The number of fused-ring (bicyclic) bond motifs is 1. The predicted octanol–water partition coefficient (Wildman–Crippen LogP) is 4.32. The summed E-state index contributed by atoms with van der Waals surface area (Å²) in [6, 6.07) is 0. The Morgan fingerprint density at radius 2 is 2.04 bits per heavy atom. The lowest BCUT2D eigenvalue weighted by Crippen LogP contribution is -2.51. The molecule has 3 rings (SSSR count). The summed E-state index contributed by atoms with van der Waals surface area (Å²) in [6.07, 6.45) is -5.36. The van der Waals surface area contributed by atoms with E-state index < -0.39 is 36.6 Å². The Labute approximate surface area is 158 Å². The van der Waals surface area contributed by atoms with Gasteiger partial charge in [0.25, 0.3) is 18.8 Å². The fraction of sp³-hybridized carbons (Fsp3) is 0.667. The van der Waals surface area contributed by atoms with E-state index in [0.29, 0.717) is 12.3 Å². The summed E-state index contributed by atoms with van der Waals surface area (Å²) < 4.78 is 52.6. The molecule has 150 valence electrons. The highest BCUT2D eigenvalue weighted by Crippen LogP contribution is 2.42. The van der Waals surface area contributed by atoms with E-state index >= 15 is 0 Å². The molecular formula is C18H22F4N2O2S. The van der Waals surface area contributed by atoms with Gasteiger partial charge in [-0.25, -0.2) is 17.6 Å². The highest BCUT2D eigenvalue weighted by Gasteiger charge is 2.53. The molecular weight excluding hydrogens is 384 g/mol. The second-order valence-corrected chi connectivity index (χ2v) is 9.19. The first kappa shape index (κ1) is 20.3. The van der Waals surface area contributed by atoms with Crippen LogP contribution >= 0.6 is 11.3 Å². The van der Waals surface area contributed by atoms with Crippen LogP contribution in [0.1, 0.15) is 54.4 Å². The molecule has 2 aliphatic rings. The molecule has 0 bridgehead atoms. The first-order valence-corrected chi connectivity index (χ1v) is 9.63. The van der Waals surface area contributed by atoms with Crippen LogP contribution in [0.25, 0.3) is 0 Å². The van der Waals surface area contributed by atoms with Gasteiger partial charge in [0, 0.05) is 16.7 Å². The zero-order valence-electron chi connectivity index (χ0n) is 15.3. The molecule has 9 heteroatoms. The van der Waals surface area contributed by atoms with Gasteiger partial charge in [-0.3, -0.25) is 4.79 Å². The second-order valence-electron chi connectivity index (χ2n) is 8.22. The zero-order chi connectivity index (χ0) is 20.1. The van der Waals surface area contributed by atoms with E-state index in [9.17, 15) is 27.5 Å². The minimum atomic E-state index is -3.42. The molecule has 0 fully saturated rings. The molecule has 1 aromatic rings. The van der Waals surface area contributed by atoms with Crippen molar-refractivity contribution in [1.29, 1.82) is 0 Å². The summed E-state index contributed by atoms with van der Waals surface area (Å²) in [5.41, 5.74) is -2.93. The molecule has 1 aliphatic carbocycles. The van der Waals surface area contributed by atoms with Crippen LogP contribution in [0.3, 0.4) is 0 Å². The molecule has 1 amide bonds. The fourth-order valence-corrected chi connectivity index (χ4v) is 4.80. The summed E-state index contributed by atoms with van der Waals surface area (Å²) >= 11 is 1.36. The molecule has 2 heterocycles. The summed E-state index contributed by atoms with van der Waals surface area (Å²) in [7, 11) is 0. The Morgan fingerprint density at radius 1 is 1.37 bits per heavy atom. The van der Waals surface area contributed by atoms with Crippen LogP contribution in [-0.4, -0.2) is 40.3 Å². The number of carbonyl (C=O) groups is 1. The molecule has 0 saturated heterocycles. The Bertz CT molecular complexity index is 772. The molecule has 0 aromatic carbocycles. The average molecular weight is 406 g/mol. The average Bonchev–Trinajstić information content (AvgIpc) is 3.15. The Kier molecular flexibility index (Phi) is 5.14. The summed E-state index contributed by atoms with van der Waals surface area (Å²) in [5, 5.41) is 15.2. The van der Waals surface area contributed by atoms with Crippen LogP contribution in [0.2, 0.25) is 0 Å². The monoisotopic (exact) mass is 406 g/mol. The SMILES string of the molecule is CC(C)(C)[C@@H]1CCc2c(C(=O)N3N=C(C(F)F)C[C@]3(O)C(F)F)csc2C1. The van der Waals surface area contributed by atoms with Crippen molar-refractivity contribution in [3.63, 3.8) is 0 Å². The lowest BCUT2D eigenvalue weighted by atomic mass is 9.72. The third-order valence-corrected chi connectivity index (χ3v) is 6.49. The standard InChI is InChI=1S/C18H22F4N2O2S/c1-17(2,3)9-4-5-10-11(8-27-13(10)6-9)15(25)24-18(26,16(21)22)7-12(23-24)14(19)20/h8-9,14,16,26H,4-7H2,1-3H3/t9-,18+/m1/s1. The molecule has 0 spiro atoms. The van der Waals surface area contributed by atoms with Crippen LogP contribution < -0.4 is 0 Å². The van der Waals surface area contributed by atoms with Crippen molar-refractivity contribution in [2.45, 2.75) is 65.0 Å². The minimum absolute atomic E-state index is 0.104. The molecule has 1 N–H and O–H groups in total. The van der Waals surface area contributed by atoms with Crippen molar-refractivity contribution in [2.75, 3.05) is 0 Å². The van der Waals surface area contributed by atoms with Crippen molar-refractivity contribution >= 4 is 23.0 Å². The molecule has 1 aromatic heterocycles. The number of alkyl halides is 4. The Morgan fingerprint density at radius 3 is 2.59 bits per heavy atom. The van der Waals surface area contributed by atoms with E-state index in [2.05, 4.69) is 25.9 Å². The molecule has 1 aliphatic heterocycles. The van der Waals surface area contributed by atoms with Crippen molar-refractivity contribution in [3.05, 3.63) is 21.4 Å². The largest absolute Gasteiger partial charge is 0.364 e.